The number of hydrogen-bond donors (Lipinski definition) is 1. The first-order valence-electron chi connectivity index (χ1n) is 5.65. The molecule has 0 bridgehead atoms. The summed E-state index contributed by atoms with van der Waals surface area (Å²) in [5.41, 5.74) is 0.528. The van der Waals surface area contributed by atoms with Crippen molar-refractivity contribution in [3.05, 3.63) is 0 Å². The zero-order valence-corrected chi connectivity index (χ0v) is 9.93. The van der Waals surface area contributed by atoms with Gasteiger partial charge < -0.3 is 9.64 Å². The van der Waals surface area contributed by atoms with Gasteiger partial charge in [-0.25, -0.2) is 0 Å². The van der Waals surface area contributed by atoms with E-state index in [0.717, 1.165) is 19.0 Å². The van der Waals surface area contributed by atoms with E-state index in [0.29, 0.717) is 11.5 Å². The van der Waals surface area contributed by atoms with E-state index in [4.69, 9.17) is 4.74 Å². The highest BCUT2D eigenvalue weighted by atomic mass is 32.1. The SMILES string of the molecule is CN(CC1(CS)CCC1)C1CCOC1. The van der Waals surface area contributed by atoms with E-state index < -0.39 is 0 Å². The molecule has 0 spiro atoms. The van der Waals surface area contributed by atoms with Crippen LogP contribution >= 0.6 is 12.6 Å². The van der Waals surface area contributed by atoms with E-state index in [9.17, 15) is 0 Å². The first-order valence-corrected chi connectivity index (χ1v) is 6.28. The van der Waals surface area contributed by atoms with E-state index >= 15 is 0 Å². The first-order chi connectivity index (χ1) is 6.76. The molecule has 0 radical (unpaired) electrons. The summed E-state index contributed by atoms with van der Waals surface area (Å²) in [5, 5.41) is 0. The maximum atomic E-state index is 5.42. The lowest BCUT2D eigenvalue weighted by atomic mass is 9.70. The van der Waals surface area contributed by atoms with Crippen LogP contribution in [0.25, 0.3) is 0 Å². The lowest BCUT2D eigenvalue weighted by Crippen LogP contribution is -2.46. The van der Waals surface area contributed by atoms with Crippen molar-refractivity contribution >= 4 is 12.6 Å². The van der Waals surface area contributed by atoms with Gasteiger partial charge in [-0.1, -0.05) is 6.42 Å². The summed E-state index contributed by atoms with van der Waals surface area (Å²) in [6.45, 7) is 3.09. The van der Waals surface area contributed by atoms with Crippen LogP contribution in [0.15, 0.2) is 0 Å². The van der Waals surface area contributed by atoms with E-state index in [1.165, 1.54) is 32.2 Å². The molecule has 0 N–H and O–H groups in total. The molecule has 2 nitrogen and oxygen atoms in total. The van der Waals surface area contributed by atoms with Crippen molar-refractivity contribution in [3.63, 3.8) is 0 Å². The fourth-order valence-corrected chi connectivity index (χ4v) is 2.99. The molecule has 1 unspecified atom stereocenters. The number of nitrogens with zero attached hydrogens (tertiary/aromatic N) is 1. The molecular formula is C11H21NOS. The molecule has 1 saturated heterocycles. The third-order valence-corrected chi connectivity index (χ3v) is 4.53. The average molecular weight is 215 g/mol. The predicted molar refractivity (Wildman–Crippen MR) is 62.0 cm³/mol. The second-order valence-electron chi connectivity index (χ2n) is 4.94. The van der Waals surface area contributed by atoms with Crippen molar-refractivity contribution in [2.45, 2.75) is 31.7 Å². The molecule has 1 saturated carbocycles. The van der Waals surface area contributed by atoms with Crippen LogP contribution in [-0.4, -0.2) is 43.5 Å². The Morgan fingerprint density at radius 2 is 2.29 bits per heavy atom. The minimum atomic E-state index is 0.528. The van der Waals surface area contributed by atoms with Gasteiger partial charge in [0.15, 0.2) is 0 Å². The van der Waals surface area contributed by atoms with Gasteiger partial charge in [0.05, 0.1) is 6.61 Å². The van der Waals surface area contributed by atoms with Crippen LogP contribution in [0.4, 0.5) is 0 Å². The number of ether oxygens (including phenoxy) is 1. The van der Waals surface area contributed by atoms with Gasteiger partial charge in [0.25, 0.3) is 0 Å². The highest BCUT2D eigenvalue weighted by Crippen LogP contribution is 2.42. The van der Waals surface area contributed by atoms with Gasteiger partial charge in [0.1, 0.15) is 0 Å². The van der Waals surface area contributed by atoms with Crippen molar-refractivity contribution in [1.29, 1.82) is 0 Å². The molecule has 3 heteroatoms. The van der Waals surface area contributed by atoms with Gasteiger partial charge in [-0.05, 0) is 37.5 Å². The van der Waals surface area contributed by atoms with Gasteiger partial charge in [0.2, 0.25) is 0 Å². The lowest BCUT2D eigenvalue weighted by molar-refractivity contribution is 0.0746. The Kier molecular flexibility index (Phi) is 3.40. The van der Waals surface area contributed by atoms with Crippen LogP contribution in [0.2, 0.25) is 0 Å². The molecule has 1 atom stereocenters. The Morgan fingerprint density at radius 1 is 1.50 bits per heavy atom. The summed E-state index contributed by atoms with van der Waals surface area (Å²) >= 11 is 4.49. The molecule has 0 amide bonds. The van der Waals surface area contributed by atoms with Crippen LogP contribution in [0.3, 0.4) is 0 Å². The second-order valence-corrected chi connectivity index (χ2v) is 5.26. The number of thiol groups is 1. The Labute approximate surface area is 92.4 Å². The molecule has 1 heterocycles. The zero-order valence-electron chi connectivity index (χ0n) is 9.04. The standard InChI is InChI=1S/C11H21NOS/c1-12(10-3-6-13-7-10)8-11(9-14)4-2-5-11/h10,14H,2-9H2,1H3. The van der Waals surface area contributed by atoms with Crippen LogP contribution in [0.5, 0.6) is 0 Å². The van der Waals surface area contributed by atoms with E-state index in [1.54, 1.807) is 0 Å². The minimum absolute atomic E-state index is 0.528. The van der Waals surface area contributed by atoms with Gasteiger partial charge in [-0.2, -0.15) is 12.6 Å². The number of hydrogen-bond acceptors (Lipinski definition) is 3. The summed E-state index contributed by atoms with van der Waals surface area (Å²) < 4.78 is 5.42. The maximum Gasteiger partial charge on any atom is 0.0622 e. The molecule has 0 aromatic carbocycles. The largest absolute Gasteiger partial charge is 0.380 e. The molecule has 1 aliphatic carbocycles. The van der Waals surface area contributed by atoms with Gasteiger partial charge in [-0.3, -0.25) is 0 Å². The average Bonchev–Trinajstić information content (AvgIpc) is 2.63. The quantitative estimate of drug-likeness (QED) is 0.718. The van der Waals surface area contributed by atoms with Gasteiger partial charge in [0, 0.05) is 19.2 Å². The minimum Gasteiger partial charge on any atom is -0.380 e. The monoisotopic (exact) mass is 215 g/mol. The Hall–Kier alpha value is 0.270. The summed E-state index contributed by atoms with van der Waals surface area (Å²) in [5.74, 6) is 1.05. The Morgan fingerprint density at radius 3 is 2.71 bits per heavy atom. The predicted octanol–water partition coefficient (Wildman–Crippen LogP) is 1.81. The molecule has 1 aliphatic heterocycles. The third kappa shape index (κ3) is 2.10. The van der Waals surface area contributed by atoms with Crippen LogP contribution in [0.1, 0.15) is 25.7 Å². The van der Waals surface area contributed by atoms with Crippen LogP contribution < -0.4 is 0 Å². The molecular weight excluding hydrogens is 194 g/mol. The summed E-state index contributed by atoms with van der Waals surface area (Å²) in [6.07, 6.45) is 5.34. The van der Waals surface area contributed by atoms with E-state index in [1.807, 2.05) is 0 Å². The van der Waals surface area contributed by atoms with Crippen molar-refractivity contribution in [1.82, 2.24) is 4.90 Å². The van der Waals surface area contributed by atoms with Gasteiger partial charge >= 0.3 is 0 Å². The van der Waals surface area contributed by atoms with Crippen molar-refractivity contribution in [2.75, 3.05) is 32.6 Å². The first kappa shape index (κ1) is 10.8. The Bertz CT molecular complexity index is 182. The molecule has 0 aromatic rings. The van der Waals surface area contributed by atoms with Crippen LogP contribution in [-0.2, 0) is 4.74 Å². The Balaban J connectivity index is 1.83. The summed E-state index contributed by atoms with van der Waals surface area (Å²) in [4.78, 5) is 2.49. The fourth-order valence-electron chi connectivity index (χ4n) is 2.57. The third-order valence-electron chi connectivity index (χ3n) is 3.86. The van der Waals surface area contributed by atoms with Crippen molar-refractivity contribution in [3.8, 4) is 0 Å². The topological polar surface area (TPSA) is 12.5 Å². The molecule has 2 fully saturated rings. The molecule has 2 rings (SSSR count). The molecule has 2 aliphatic rings. The molecule has 0 aromatic heterocycles. The highest BCUT2D eigenvalue weighted by molar-refractivity contribution is 7.80. The molecule has 82 valence electrons. The van der Waals surface area contributed by atoms with E-state index in [2.05, 4.69) is 24.6 Å². The number of likely N-dealkylation sites (N-methyl/N-ethyl adjacent to an activating group) is 1. The smallest absolute Gasteiger partial charge is 0.0622 e. The lowest BCUT2D eigenvalue weighted by Gasteiger charge is -2.44. The normalized spacial score (nSPS) is 30.6. The highest BCUT2D eigenvalue weighted by Gasteiger charge is 2.38. The zero-order chi connectivity index (χ0) is 10.0. The van der Waals surface area contributed by atoms with E-state index in [-0.39, 0.29) is 0 Å². The maximum absolute atomic E-state index is 5.42. The second kappa shape index (κ2) is 4.42. The van der Waals surface area contributed by atoms with Crippen molar-refractivity contribution < 1.29 is 4.74 Å². The van der Waals surface area contributed by atoms with Crippen LogP contribution in [0, 0.1) is 5.41 Å². The number of rotatable bonds is 4. The fraction of sp³-hybridized carbons (Fsp3) is 1.00. The summed E-state index contributed by atoms with van der Waals surface area (Å²) in [6, 6.07) is 0.660. The summed E-state index contributed by atoms with van der Waals surface area (Å²) in [7, 11) is 2.24. The van der Waals surface area contributed by atoms with Crippen molar-refractivity contribution in [2.24, 2.45) is 5.41 Å². The molecule has 14 heavy (non-hydrogen) atoms. The van der Waals surface area contributed by atoms with Gasteiger partial charge in [-0.15, -0.1) is 0 Å².